The van der Waals surface area contributed by atoms with E-state index in [1.807, 2.05) is 0 Å². The van der Waals surface area contributed by atoms with Crippen molar-refractivity contribution in [3.8, 4) is 0 Å². The Morgan fingerprint density at radius 2 is 2.25 bits per heavy atom. The van der Waals surface area contributed by atoms with Crippen LogP contribution in [0.3, 0.4) is 0 Å². The SMILES string of the molecule is COC(=O)C(C)(CN)CCCO. The third-order valence-corrected chi connectivity index (χ3v) is 2.02. The highest BCUT2D eigenvalue weighted by Gasteiger charge is 2.31. The Morgan fingerprint density at radius 1 is 1.67 bits per heavy atom. The van der Waals surface area contributed by atoms with E-state index in [1.54, 1.807) is 6.92 Å². The van der Waals surface area contributed by atoms with Gasteiger partial charge >= 0.3 is 5.97 Å². The summed E-state index contributed by atoms with van der Waals surface area (Å²) in [6.45, 7) is 2.07. The molecule has 72 valence electrons. The molecule has 4 heteroatoms. The quantitative estimate of drug-likeness (QED) is 0.572. The van der Waals surface area contributed by atoms with Crippen LogP contribution >= 0.6 is 0 Å². The summed E-state index contributed by atoms with van der Waals surface area (Å²) in [4.78, 5) is 11.2. The number of aliphatic hydroxyl groups is 1. The number of rotatable bonds is 5. The highest BCUT2D eigenvalue weighted by Crippen LogP contribution is 2.22. The van der Waals surface area contributed by atoms with Gasteiger partial charge in [0.25, 0.3) is 0 Å². The number of hydrogen-bond donors (Lipinski definition) is 2. The maximum absolute atomic E-state index is 11.2. The number of aliphatic hydroxyl groups excluding tert-OH is 1. The highest BCUT2D eigenvalue weighted by atomic mass is 16.5. The van der Waals surface area contributed by atoms with Crippen LogP contribution < -0.4 is 5.73 Å². The van der Waals surface area contributed by atoms with Crippen LogP contribution in [0.15, 0.2) is 0 Å². The maximum Gasteiger partial charge on any atom is 0.312 e. The van der Waals surface area contributed by atoms with Crippen LogP contribution in [0, 0.1) is 5.41 Å². The van der Waals surface area contributed by atoms with Gasteiger partial charge in [-0.2, -0.15) is 0 Å². The first-order valence-electron chi connectivity index (χ1n) is 4.00. The zero-order valence-corrected chi connectivity index (χ0v) is 7.67. The van der Waals surface area contributed by atoms with E-state index in [0.717, 1.165) is 0 Å². The molecule has 0 radical (unpaired) electrons. The smallest absolute Gasteiger partial charge is 0.312 e. The van der Waals surface area contributed by atoms with Crippen molar-refractivity contribution in [2.75, 3.05) is 20.3 Å². The van der Waals surface area contributed by atoms with Gasteiger partial charge in [0.2, 0.25) is 0 Å². The number of nitrogens with two attached hydrogens (primary N) is 1. The first-order valence-corrected chi connectivity index (χ1v) is 4.00. The van der Waals surface area contributed by atoms with Crippen molar-refractivity contribution in [2.24, 2.45) is 11.1 Å². The fourth-order valence-corrected chi connectivity index (χ4v) is 1.00. The van der Waals surface area contributed by atoms with Gasteiger partial charge in [-0.25, -0.2) is 0 Å². The molecule has 0 aromatic rings. The summed E-state index contributed by atoms with van der Waals surface area (Å²) in [7, 11) is 1.34. The van der Waals surface area contributed by atoms with E-state index in [-0.39, 0.29) is 19.1 Å². The Bertz CT molecular complexity index is 149. The summed E-state index contributed by atoms with van der Waals surface area (Å²) in [5.41, 5.74) is 4.80. The molecule has 0 saturated carbocycles. The van der Waals surface area contributed by atoms with Gasteiger partial charge in [0, 0.05) is 13.2 Å². The molecule has 0 heterocycles. The van der Waals surface area contributed by atoms with Crippen molar-refractivity contribution in [3.63, 3.8) is 0 Å². The number of hydrogen-bond acceptors (Lipinski definition) is 4. The fourth-order valence-electron chi connectivity index (χ4n) is 1.00. The lowest BCUT2D eigenvalue weighted by atomic mass is 9.86. The third-order valence-electron chi connectivity index (χ3n) is 2.02. The molecule has 1 unspecified atom stereocenters. The third kappa shape index (κ3) is 2.79. The van der Waals surface area contributed by atoms with Crippen molar-refractivity contribution in [1.82, 2.24) is 0 Å². The molecule has 0 rings (SSSR count). The molecule has 4 nitrogen and oxygen atoms in total. The molecular weight excluding hydrogens is 158 g/mol. The molecular formula is C8H17NO3. The monoisotopic (exact) mass is 175 g/mol. The Balaban J connectivity index is 4.13. The molecule has 12 heavy (non-hydrogen) atoms. The van der Waals surface area contributed by atoms with Crippen LogP contribution in [0.1, 0.15) is 19.8 Å². The lowest BCUT2D eigenvalue weighted by Gasteiger charge is -2.23. The second kappa shape index (κ2) is 5.11. The molecule has 0 spiro atoms. The average Bonchev–Trinajstić information content (AvgIpc) is 2.12. The van der Waals surface area contributed by atoms with Gasteiger partial charge in [0.05, 0.1) is 12.5 Å². The number of ether oxygens (including phenoxy) is 1. The van der Waals surface area contributed by atoms with Crippen molar-refractivity contribution in [2.45, 2.75) is 19.8 Å². The van der Waals surface area contributed by atoms with Crippen LogP contribution in [0.5, 0.6) is 0 Å². The van der Waals surface area contributed by atoms with Gasteiger partial charge in [-0.15, -0.1) is 0 Å². The number of carbonyl (C=O) groups is 1. The number of methoxy groups -OCH3 is 1. The molecule has 0 bridgehead atoms. The first-order chi connectivity index (χ1) is 5.60. The van der Waals surface area contributed by atoms with E-state index in [0.29, 0.717) is 12.8 Å². The van der Waals surface area contributed by atoms with Crippen LogP contribution in [-0.2, 0) is 9.53 Å². The van der Waals surface area contributed by atoms with Gasteiger partial charge in [-0.05, 0) is 19.8 Å². The van der Waals surface area contributed by atoms with Crippen LogP contribution in [0.4, 0.5) is 0 Å². The predicted octanol–water partition coefficient (Wildman–Crippen LogP) is -0.103. The molecule has 0 saturated heterocycles. The minimum absolute atomic E-state index is 0.0760. The van der Waals surface area contributed by atoms with Gasteiger partial charge in [0.15, 0.2) is 0 Å². The molecule has 0 aliphatic carbocycles. The summed E-state index contributed by atoms with van der Waals surface area (Å²) in [5, 5.41) is 8.59. The molecule has 0 aliphatic heterocycles. The van der Waals surface area contributed by atoms with E-state index in [9.17, 15) is 4.79 Å². The van der Waals surface area contributed by atoms with Crippen molar-refractivity contribution < 1.29 is 14.6 Å². The Kier molecular flexibility index (Phi) is 4.85. The highest BCUT2D eigenvalue weighted by molar-refractivity contribution is 5.76. The van der Waals surface area contributed by atoms with E-state index in [4.69, 9.17) is 10.8 Å². The molecule has 1 atom stereocenters. The van der Waals surface area contributed by atoms with Gasteiger partial charge < -0.3 is 15.6 Å². The Morgan fingerprint density at radius 3 is 2.58 bits per heavy atom. The van der Waals surface area contributed by atoms with Gasteiger partial charge in [0.1, 0.15) is 0 Å². The summed E-state index contributed by atoms with van der Waals surface area (Å²) in [6.07, 6.45) is 1.13. The lowest BCUT2D eigenvalue weighted by Crippen LogP contribution is -2.36. The second-order valence-electron chi connectivity index (χ2n) is 3.08. The normalized spacial score (nSPS) is 15.3. The van der Waals surface area contributed by atoms with Crippen LogP contribution in [-0.4, -0.2) is 31.3 Å². The summed E-state index contributed by atoms with van der Waals surface area (Å²) >= 11 is 0. The summed E-state index contributed by atoms with van der Waals surface area (Å²) in [5.74, 6) is -0.307. The van der Waals surface area contributed by atoms with Gasteiger partial charge in [-0.3, -0.25) is 4.79 Å². The van der Waals surface area contributed by atoms with Gasteiger partial charge in [-0.1, -0.05) is 0 Å². The Labute approximate surface area is 72.7 Å². The Hall–Kier alpha value is -0.610. The van der Waals surface area contributed by atoms with E-state index in [2.05, 4.69) is 4.74 Å². The molecule has 0 aliphatic rings. The lowest BCUT2D eigenvalue weighted by molar-refractivity contribution is -0.151. The molecule has 0 aromatic heterocycles. The zero-order valence-electron chi connectivity index (χ0n) is 7.67. The van der Waals surface area contributed by atoms with Crippen LogP contribution in [0.25, 0.3) is 0 Å². The van der Waals surface area contributed by atoms with E-state index < -0.39 is 5.41 Å². The number of esters is 1. The second-order valence-corrected chi connectivity index (χ2v) is 3.08. The van der Waals surface area contributed by atoms with Crippen LogP contribution in [0.2, 0.25) is 0 Å². The van der Waals surface area contributed by atoms with E-state index >= 15 is 0 Å². The predicted molar refractivity (Wildman–Crippen MR) is 45.5 cm³/mol. The minimum Gasteiger partial charge on any atom is -0.469 e. The van der Waals surface area contributed by atoms with Crippen molar-refractivity contribution in [3.05, 3.63) is 0 Å². The largest absolute Gasteiger partial charge is 0.469 e. The molecule has 3 N–H and O–H groups in total. The minimum atomic E-state index is -0.641. The summed E-state index contributed by atoms with van der Waals surface area (Å²) in [6, 6.07) is 0. The summed E-state index contributed by atoms with van der Waals surface area (Å²) < 4.78 is 4.60. The molecule has 0 amide bonds. The first kappa shape index (κ1) is 11.4. The zero-order chi connectivity index (χ0) is 9.61. The average molecular weight is 175 g/mol. The maximum atomic E-state index is 11.2. The topological polar surface area (TPSA) is 72.5 Å². The van der Waals surface area contributed by atoms with E-state index in [1.165, 1.54) is 7.11 Å². The number of carbonyl (C=O) groups excluding carboxylic acids is 1. The molecule has 0 fully saturated rings. The van der Waals surface area contributed by atoms with Crippen molar-refractivity contribution >= 4 is 5.97 Å². The van der Waals surface area contributed by atoms with Crippen molar-refractivity contribution in [1.29, 1.82) is 0 Å². The fraction of sp³-hybridized carbons (Fsp3) is 0.875. The standard InChI is InChI=1S/C8H17NO3/c1-8(6-9,4-3-5-10)7(11)12-2/h10H,3-6,9H2,1-2H3. The molecule has 0 aromatic carbocycles.